The first kappa shape index (κ1) is 31.8. The van der Waals surface area contributed by atoms with Crippen molar-refractivity contribution in [2.45, 2.75) is 63.0 Å². The average Bonchev–Trinajstić information content (AvgIpc) is 3.37. The molecule has 0 aromatic heterocycles. The number of halogens is 1. The third-order valence-corrected chi connectivity index (χ3v) is 9.81. The van der Waals surface area contributed by atoms with Crippen LogP contribution >= 0.6 is 0 Å². The number of amides is 2. The molecule has 2 amide bonds. The molecule has 3 fully saturated rings. The van der Waals surface area contributed by atoms with Crippen LogP contribution in [0.15, 0.2) is 42.5 Å². The summed E-state index contributed by atoms with van der Waals surface area (Å²) in [5, 5.41) is 9.44. The SMILES string of the molecule is COc1ccc([C@@H]2CN(CCCC(N)=O)C[C@@]2(F)C(=O)N2CCC(c3ccc(C)cc3N3CCC(C(=O)O)CC3)CC2)cc1. The van der Waals surface area contributed by atoms with Gasteiger partial charge >= 0.3 is 5.97 Å². The number of aryl methyl sites for hydroxylation is 1. The molecular formula is C34H45FN4O5. The Morgan fingerprint density at radius 3 is 2.32 bits per heavy atom. The highest BCUT2D eigenvalue weighted by Gasteiger charge is 2.55. The fourth-order valence-electron chi connectivity index (χ4n) is 7.27. The summed E-state index contributed by atoms with van der Waals surface area (Å²) in [4.78, 5) is 42.7. The van der Waals surface area contributed by atoms with Crippen molar-refractivity contribution in [1.29, 1.82) is 0 Å². The Balaban J connectivity index is 1.29. The van der Waals surface area contributed by atoms with Gasteiger partial charge in [-0.2, -0.15) is 0 Å². The molecule has 2 aromatic rings. The number of carboxylic acid groups (broad SMARTS) is 1. The van der Waals surface area contributed by atoms with E-state index in [9.17, 15) is 19.5 Å². The minimum absolute atomic E-state index is 0.0182. The van der Waals surface area contributed by atoms with Crippen molar-refractivity contribution < 1.29 is 28.6 Å². The molecule has 2 atom stereocenters. The number of carboxylic acids is 1. The maximum atomic E-state index is 17.1. The molecule has 9 nitrogen and oxygen atoms in total. The first-order chi connectivity index (χ1) is 21.1. The lowest BCUT2D eigenvalue weighted by atomic mass is 9.83. The van der Waals surface area contributed by atoms with E-state index in [1.807, 2.05) is 17.0 Å². The minimum Gasteiger partial charge on any atom is -0.497 e. The van der Waals surface area contributed by atoms with Crippen LogP contribution in [0.3, 0.4) is 0 Å². The summed E-state index contributed by atoms with van der Waals surface area (Å²) in [5.41, 5.74) is 7.53. The summed E-state index contributed by atoms with van der Waals surface area (Å²) in [6, 6.07) is 13.7. The largest absolute Gasteiger partial charge is 0.497 e. The monoisotopic (exact) mass is 608 g/mol. The first-order valence-corrected chi connectivity index (χ1v) is 15.8. The number of nitrogens with two attached hydrogens (primary N) is 1. The van der Waals surface area contributed by atoms with Gasteiger partial charge in [0.05, 0.1) is 13.0 Å². The normalized spacial score (nSPS) is 23.6. The van der Waals surface area contributed by atoms with Crippen molar-refractivity contribution in [3.05, 3.63) is 59.2 Å². The number of carbonyl (C=O) groups is 3. The van der Waals surface area contributed by atoms with Gasteiger partial charge in [-0.05, 0) is 86.4 Å². The third-order valence-electron chi connectivity index (χ3n) is 9.81. The summed E-state index contributed by atoms with van der Waals surface area (Å²) < 4.78 is 22.4. The van der Waals surface area contributed by atoms with E-state index in [1.165, 1.54) is 5.56 Å². The number of rotatable bonds is 10. The average molecular weight is 609 g/mol. The van der Waals surface area contributed by atoms with Gasteiger partial charge in [-0.25, -0.2) is 4.39 Å². The van der Waals surface area contributed by atoms with E-state index in [0.717, 1.165) is 29.7 Å². The zero-order valence-corrected chi connectivity index (χ0v) is 25.8. The molecule has 44 heavy (non-hydrogen) atoms. The van der Waals surface area contributed by atoms with Crippen molar-refractivity contribution >= 4 is 23.5 Å². The van der Waals surface area contributed by atoms with Gasteiger partial charge in [0.25, 0.3) is 5.91 Å². The number of ether oxygens (including phenoxy) is 1. The second kappa shape index (κ2) is 13.5. The maximum Gasteiger partial charge on any atom is 0.306 e. The van der Waals surface area contributed by atoms with Crippen LogP contribution in [-0.2, 0) is 14.4 Å². The quantitative estimate of drug-likeness (QED) is 0.418. The molecular weight excluding hydrogens is 563 g/mol. The maximum absolute atomic E-state index is 17.1. The lowest BCUT2D eigenvalue weighted by molar-refractivity contribution is -0.145. The molecule has 3 aliphatic heterocycles. The Labute approximate surface area is 259 Å². The number of primary amides is 1. The van der Waals surface area contributed by atoms with E-state index in [4.69, 9.17) is 10.5 Å². The molecule has 3 saturated heterocycles. The molecule has 10 heteroatoms. The van der Waals surface area contributed by atoms with E-state index >= 15 is 4.39 Å². The van der Waals surface area contributed by atoms with Gasteiger partial charge in [0.2, 0.25) is 11.6 Å². The van der Waals surface area contributed by atoms with Crippen LogP contribution in [0.5, 0.6) is 5.75 Å². The van der Waals surface area contributed by atoms with Crippen molar-refractivity contribution in [2.24, 2.45) is 11.7 Å². The molecule has 238 valence electrons. The Kier molecular flexibility index (Phi) is 9.78. The molecule has 0 unspecified atom stereocenters. The lowest BCUT2D eigenvalue weighted by Gasteiger charge is -2.39. The highest BCUT2D eigenvalue weighted by molar-refractivity contribution is 5.87. The van der Waals surface area contributed by atoms with Gasteiger partial charge < -0.3 is 25.4 Å². The highest BCUT2D eigenvalue weighted by atomic mass is 19.1. The lowest BCUT2D eigenvalue weighted by Crippen LogP contribution is -2.52. The van der Waals surface area contributed by atoms with Crippen LogP contribution in [0.25, 0.3) is 0 Å². The number of carbonyl (C=O) groups excluding carboxylic acids is 2. The first-order valence-electron chi connectivity index (χ1n) is 15.8. The number of hydrogen-bond acceptors (Lipinski definition) is 6. The number of hydrogen-bond donors (Lipinski definition) is 2. The molecule has 0 spiro atoms. The summed E-state index contributed by atoms with van der Waals surface area (Å²) in [6.45, 7) is 5.29. The Hall–Kier alpha value is -3.66. The predicted octanol–water partition coefficient (Wildman–Crippen LogP) is 4.08. The topological polar surface area (TPSA) is 116 Å². The van der Waals surface area contributed by atoms with Gasteiger partial charge in [-0.3, -0.25) is 19.3 Å². The van der Waals surface area contributed by atoms with Crippen LogP contribution < -0.4 is 15.4 Å². The van der Waals surface area contributed by atoms with Gasteiger partial charge in [0, 0.05) is 57.3 Å². The number of piperidine rings is 2. The predicted molar refractivity (Wildman–Crippen MR) is 167 cm³/mol. The van der Waals surface area contributed by atoms with Crippen molar-refractivity contribution in [2.75, 3.05) is 57.8 Å². The summed E-state index contributed by atoms with van der Waals surface area (Å²) in [7, 11) is 1.58. The number of methoxy groups -OCH3 is 1. The number of nitrogens with zero attached hydrogens (tertiary/aromatic N) is 3. The zero-order valence-electron chi connectivity index (χ0n) is 25.8. The second-order valence-corrected chi connectivity index (χ2v) is 12.7. The number of likely N-dealkylation sites (tertiary alicyclic amines) is 2. The van der Waals surface area contributed by atoms with E-state index in [-0.39, 0.29) is 30.7 Å². The Morgan fingerprint density at radius 1 is 1.02 bits per heavy atom. The molecule has 0 radical (unpaired) electrons. The third kappa shape index (κ3) is 6.85. The fraction of sp³-hybridized carbons (Fsp3) is 0.559. The summed E-state index contributed by atoms with van der Waals surface area (Å²) in [6.07, 6.45) is 3.47. The van der Waals surface area contributed by atoms with E-state index in [0.29, 0.717) is 64.3 Å². The van der Waals surface area contributed by atoms with Gasteiger partial charge in [0.1, 0.15) is 5.75 Å². The number of anilines is 1. The molecule has 3 N–H and O–H groups in total. The second-order valence-electron chi connectivity index (χ2n) is 12.7. The minimum atomic E-state index is -2.09. The summed E-state index contributed by atoms with van der Waals surface area (Å²) in [5.74, 6) is -1.60. The van der Waals surface area contributed by atoms with Gasteiger partial charge in [-0.1, -0.05) is 24.3 Å². The molecule has 3 aliphatic rings. The molecule has 0 saturated carbocycles. The smallest absolute Gasteiger partial charge is 0.306 e. The van der Waals surface area contributed by atoms with Crippen molar-refractivity contribution in [1.82, 2.24) is 9.80 Å². The van der Waals surface area contributed by atoms with Crippen LogP contribution in [-0.4, -0.2) is 91.3 Å². The Morgan fingerprint density at radius 2 is 1.70 bits per heavy atom. The standard InChI is InChI=1S/C34H45FN4O5/c1-23-5-10-28(30(20-23)38-16-13-26(14-17-38)32(41)42)24-11-18-39(19-12-24)33(43)34(35)22-37(15-3-4-31(36)40)21-29(34)25-6-8-27(44-2)9-7-25/h5-10,20,24,26,29H,3-4,11-19,21-22H2,1-2H3,(H2,36,40)(H,41,42)/t29-,34-/m0/s1. The fourth-order valence-corrected chi connectivity index (χ4v) is 7.27. The van der Waals surface area contributed by atoms with E-state index in [2.05, 4.69) is 30.0 Å². The van der Waals surface area contributed by atoms with Gasteiger partial charge in [0.15, 0.2) is 0 Å². The van der Waals surface area contributed by atoms with Crippen LogP contribution in [0.2, 0.25) is 0 Å². The van der Waals surface area contributed by atoms with Gasteiger partial charge in [-0.15, -0.1) is 0 Å². The highest BCUT2D eigenvalue weighted by Crippen LogP contribution is 2.43. The zero-order chi connectivity index (χ0) is 31.4. The molecule has 5 rings (SSSR count). The van der Waals surface area contributed by atoms with E-state index in [1.54, 1.807) is 24.1 Å². The van der Waals surface area contributed by atoms with Crippen molar-refractivity contribution in [3.63, 3.8) is 0 Å². The Bertz CT molecular complexity index is 1340. The number of aliphatic carboxylic acids is 1. The van der Waals surface area contributed by atoms with Crippen LogP contribution in [0, 0.1) is 12.8 Å². The van der Waals surface area contributed by atoms with Crippen molar-refractivity contribution in [3.8, 4) is 5.75 Å². The van der Waals surface area contributed by atoms with E-state index < -0.39 is 23.5 Å². The number of benzene rings is 2. The molecule has 0 bridgehead atoms. The summed E-state index contributed by atoms with van der Waals surface area (Å²) >= 11 is 0. The van der Waals surface area contributed by atoms with Crippen LogP contribution in [0.4, 0.5) is 10.1 Å². The van der Waals surface area contributed by atoms with Crippen LogP contribution in [0.1, 0.15) is 67.1 Å². The molecule has 3 heterocycles. The molecule has 0 aliphatic carbocycles. The molecule has 2 aromatic carbocycles. The number of alkyl halides is 1.